The maximum atomic E-state index is 12.5. The van der Waals surface area contributed by atoms with Crippen LogP contribution in [0, 0.1) is 0 Å². The van der Waals surface area contributed by atoms with Gasteiger partial charge in [0.2, 0.25) is 0 Å². The molecule has 0 radical (unpaired) electrons. The van der Waals surface area contributed by atoms with Crippen molar-refractivity contribution in [2.45, 2.75) is 30.1 Å². The Morgan fingerprint density at radius 2 is 1.79 bits per heavy atom. The fraction of sp³-hybridized carbons (Fsp3) is 0.304. The van der Waals surface area contributed by atoms with E-state index in [0.29, 0.717) is 17.1 Å². The minimum Gasteiger partial charge on any atom is -0.378 e. The van der Waals surface area contributed by atoms with Gasteiger partial charge in [0.1, 0.15) is 5.60 Å². The summed E-state index contributed by atoms with van der Waals surface area (Å²) in [6, 6.07) is 15.9. The molecular weight excluding hydrogens is 384 g/mol. The molecule has 2 fully saturated rings. The average Bonchev–Trinajstić information content (AvgIpc) is 3.39. The lowest BCUT2D eigenvalue weighted by atomic mass is 9.77. The first-order valence-electron chi connectivity index (χ1n) is 9.94. The molecule has 148 valence electrons. The van der Waals surface area contributed by atoms with Gasteiger partial charge in [-0.15, -0.1) is 0 Å². The number of piperazine rings is 1. The number of rotatable bonds is 5. The molecule has 2 aliphatic heterocycles. The lowest BCUT2D eigenvalue weighted by Gasteiger charge is -2.45. The Morgan fingerprint density at radius 3 is 2.31 bits per heavy atom. The van der Waals surface area contributed by atoms with Crippen LogP contribution in [-0.2, 0) is 5.60 Å². The number of aliphatic hydroxyl groups is 1. The fourth-order valence-electron chi connectivity index (χ4n) is 4.92. The maximum Gasteiger partial charge on any atom is 0.137 e. The highest BCUT2D eigenvalue weighted by Crippen LogP contribution is 2.47. The van der Waals surface area contributed by atoms with Gasteiger partial charge in [-0.05, 0) is 36.2 Å². The van der Waals surface area contributed by atoms with Crippen LogP contribution in [0.4, 0.5) is 0 Å². The lowest BCUT2D eigenvalue weighted by Crippen LogP contribution is -2.52. The van der Waals surface area contributed by atoms with Crippen LogP contribution in [0.15, 0.2) is 73.3 Å². The van der Waals surface area contributed by atoms with Crippen LogP contribution < -0.4 is 5.32 Å². The summed E-state index contributed by atoms with van der Waals surface area (Å²) < 4.78 is 0. The molecule has 0 aliphatic carbocycles. The van der Waals surface area contributed by atoms with Gasteiger partial charge in [0.05, 0.1) is 6.04 Å². The Hall–Kier alpha value is -2.31. The van der Waals surface area contributed by atoms with Crippen LogP contribution in [0.25, 0.3) is 0 Å². The van der Waals surface area contributed by atoms with Crippen molar-refractivity contribution in [1.82, 2.24) is 20.2 Å². The average molecular weight is 407 g/mol. The van der Waals surface area contributed by atoms with Gasteiger partial charge in [-0.25, -0.2) is 0 Å². The van der Waals surface area contributed by atoms with E-state index in [1.165, 1.54) is 0 Å². The van der Waals surface area contributed by atoms with Crippen LogP contribution >= 0.6 is 11.6 Å². The third kappa shape index (κ3) is 3.24. The van der Waals surface area contributed by atoms with Crippen molar-refractivity contribution < 1.29 is 5.11 Å². The van der Waals surface area contributed by atoms with Crippen LogP contribution in [-0.4, -0.2) is 45.1 Å². The molecule has 0 saturated carbocycles. The molecule has 2 bridgehead atoms. The number of nitrogens with one attached hydrogen (secondary N) is 1. The number of hydrogen-bond acceptors (Lipinski definition) is 5. The molecule has 5 nitrogen and oxygen atoms in total. The Labute approximate surface area is 175 Å². The van der Waals surface area contributed by atoms with Crippen molar-refractivity contribution in [2.24, 2.45) is 0 Å². The molecule has 2 saturated heterocycles. The van der Waals surface area contributed by atoms with E-state index in [0.717, 1.165) is 36.2 Å². The molecule has 2 aromatic heterocycles. The Kier molecular flexibility index (Phi) is 4.84. The standard InChI is InChI=1S/C23H23ClN4O/c24-19-7-1-4-16(10-19)22(28-15-20-11-21(28)14-27-20)23(29,17-5-2-8-25-12-17)18-6-3-9-26-13-18/h1-10,12-13,20-22,27,29H,11,14-15H2. The summed E-state index contributed by atoms with van der Waals surface area (Å²) in [6.07, 6.45) is 8.04. The number of halogens is 1. The van der Waals surface area contributed by atoms with Crippen molar-refractivity contribution in [1.29, 1.82) is 0 Å². The summed E-state index contributed by atoms with van der Waals surface area (Å²) in [5, 5.41) is 16.7. The molecule has 0 amide bonds. The van der Waals surface area contributed by atoms with Crippen LogP contribution in [0.5, 0.6) is 0 Å². The third-order valence-electron chi connectivity index (χ3n) is 6.19. The van der Waals surface area contributed by atoms with Gasteiger partial charge in [-0.1, -0.05) is 35.9 Å². The van der Waals surface area contributed by atoms with Gasteiger partial charge in [-0.2, -0.15) is 0 Å². The van der Waals surface area contributed by atoms with E-state index in [2.05, 4.69) is 20.2 Å². The van der Waals surface area contributed by atoms with Crippen molar-refractivity contribution in [2.75, 3.05) is 13.1 Å². The Balaban J connectivity index is 1.73. The predicted molar refractivity (Wildman–Crippen MR) is 113 cm³/mol. The van der Waals surface area contributed by atoms with Crippen LogP contribution in [0.1, 0.15) is 29.2 Å². The monoisotopic (exact) mass is 406 g/mol. The Bertz CT molecular complexity index is 945. The number of aromatic nitrogens is 2. The molecule has 2 aliphatic rings. The highest BCUT2D eigenvalue weighted by Gasteiger charge is 2.51. The maximum absolute atomic E-state index is 12.5. The summed E-state index contributed by atoms with van der Waals surface area (Å²) in [4.78, 5) is 11.0. The molecule has 1 aromatic carbocycles. The second-order valence-corrected chi connectivity index (χ2v) is 8.34. The first-order chi connectivity index (χ1) is 14.2. The van der Waals surface area contributed by atoms with Crippen LogP contribution in [0.2, 0.25) is 5.02 Å². The zero-order valence-corrected chi connectivity index (χ0v) is 16.7. The minimum atomic E-state index is -1.32. The first-order valence-corrected chi connectivity index (χ1v) is 10.3. The number of nitrogens with zero attached hydrogens (tertiary/aromatic N) is 3. The molecule has 29 heavy (non-hydrogen) atoms. The molecular formula is C23H23ClN4O. The van der Waals surface area contributed by atoms with E-state index in [1.807, 2.05) is 48.5 Å². The zero-order chi connectivity index (χ0) is 19.8. The highest BCUT2D eigenvalue weighted by atomic mass is 35.5. The van der Waals surface area contributed by atoms with Gasteiger partial charge in [0.25, 0.3) is 0 Å². The van der Waals surface area contributed by atoms with E-state index >= 15 is 0 Å². The van der Waals surface area contributed by atoms with Crippen molar-refractivity contribution in [3.63, 3.8) is 0 Å². The molecule has 3 unspecified atom stereocenters. The predicted octanol–water partition coefficient (Wildman–Crippen LogP) is 3.15. The number of fused-ring (bicyclic) bond motifs is 2. The quantitative estimate of drug-likeness (QED) is 0.681. The fourth-order valence-corrected chi connectivity index (χ4v) is 5.12. The van der Waals surface area contributed by atoms with Crippen molar-refractivity contribution >= 4 is 11.6 Å². The van der Waals surface area contributed by atoms with Gasteiger partial charge in [0, 0.05) is 66.1 Å². The molecule has 0 spiro atoms. The van der Waals surface area contributed by atoms with Crippen LogP contribution in [0.3, 0.4) is 0 Å². The second kappa shape index (κ2) is 7.50. The summed E-state index contributed by atoms with van der Waals surface area (Å²) in [6.45, 7) is 1.81. The summed E-state index contributed by atoms with van der Waals surface area (Å²) in [5.41, 5.74) is 1.15. The largest absolute Gasteiger partial charge is 0.378 e. The topological polar surface area (TPSA) is 61.3 Å². The van der Waals surface area contributed by atoms with Gasteiger partial charge < -0.3 is 10.4 Å². The SMILES string of the molecule is OC(c1cccnc1)(c1cccnc1)C(c1cccc(Cl)c1)N1CC2CC1CN2. The number of likely N-dealkylation sites (tertiary alicyclic amines) is 1. The zero-order valence-electron chi connectivity index (χ0n) is 15.9. The molecule has 3 atom stereocenters. The van der Waals surface area contributed by atoms with E-state index in [4.69, 9.17) is 11.6 Å². The molecule has 4 heterocycles. The summed E-state index contributed by atoms with van der Waals surface area (Å²) in [5.74, 6) is 0. The van der Waals surface area contributed by atoms with E-state index in [-0.39, 0.29) is 6.04 Å². The second-order valence-electron chi connectivity index (χ2n) is 7.90. The van der Waals surface area contributed by atoms with E-state index < -0.39 is 5.60 Å². The Morgan fingerprint density at radius 1 is 1.07 bits per heavy atom. The van der Waals surface area contributed by atoms with E-state index in [9.17, 15) is 5.11 Å². The van der Waals surface area contributed by atoms with Gasteiger partial charge in [0.15, 0.2) is 0 Å². The molecule has 5 rings (SSSR count). The first kappa shape index (κ1) is 18.7. The molecule has 6 heteroatoms. The summed E-state index contributed by atoms with van der Waals surface area (Å²) in [7, 11) is 0. The molecule has 3 aromatic rings. The minimum absolute atomic E-state index is 0.313. The van der Waals surface area contributed by atoms with Gasteiger partial charge in [-0.3, -0.25) is 14.9 Å². The third-order valence-corrected chi connectivity index (χ3v) is 6.43. The number of benzene rings is 1. The summed E-state index contributed by atoms with van der Waals surface area (Å²) >= 11 is 6.38. The van der Waals surface area contributed by atoms with Gasteiger partial charge >= 0.3 is 0 Å². The number of hydrogen-bond donors (Lipinski definition) is 2. The smallest absolute Gasteiger partial charge is 0.137 e. The number of pyridine rings is 2. The van der Waals surface area contributed by atoms with E-state index in [1.54, 1.807) is 24.8 Å². The van der Waals surface area contributed by atoms with Crippen molar-refractivity contribution in [3.8, 4) is 0 Å². The highest BCUT2D eigenvalue weighted by molar-refractivity contribution is 6.30. The molecule has 2 N–H and O–H groups in total. The van der Waals surface area contributed by atoms with Crippen molar-refractivity contribution in [3.05, 3.63) is 95.0 Å². The lowest BCUT2D eigenvalue weighted by molar-refractivity contribution is -0.0328. The normalized spacial score (nSPS) is 22.7.